The van der Waals surface area contributed by atoms with Crippen LogP contribution in [0.2, 0.25) is 0 Å². The molecule has 0 saturated heterocycles. The third-order valence-electron chi connectivity index (χ3n) is 3.82. The van der Waals surface area contributed by atoms with Gasteiger partial charge in [-0.25, -0.2) is 10.3 Å². The second-order valence-corrected chi connectivity index (χ2v) is 6.91. The van der Waals surface area contributed by atoms with Crippen molar-refractivity contribution < 1.29 is 19.2 Å². The van der Waals surface area contributed by atoms with Crippen LogP contribution < -0.4 is 10.2 Å². The Morgan fingerprint density at radius 2 is 1.62 bits per heavy atom. The van der Waals surface area contributed by atoms with Gasteiger partial charge in [-0.15, -0.1) is 10.2 Å². The fourth-order valence-corrected chi connectivity index (χ4v) is 2.90. The van der Waals surface area contributed by atoms with Crippen molar-refractivity contribution in [3.05, 3.63) is 87.5 Å². The average molecular weight is 501 g/mol. The molecule has 0 aromatic heterocycles. The van der Waals surface area contributed by atoms with E-state index in [0.717, 1.165) is 3.57 Å². The number of halogens is 1. The number of anilines is 1. The minimum atomic E-state index is -0.528. The number of benzene rings is 3. The molecule has 0 saturated carbocycles. The van der Waals surface area contributed by atoms with Gasteiger partial charge < -0.3 is 9.57 Å². The first-order valence-corrected chi connectivity index (χ1v) is 9.56. The topological polar surface area (TPSA) is 89.3 Å². The molecule has 8 heteroatoms. The number of azo groups is 1. The highest BCUT2D eigenvalue weighted by atomic mass is 127. The van der Waals surface area contributed by atoms with Crippen LogP contribution in [0.1, 0.15) is 20.7 Å². The number of nitrogens with zero attached hydrogens (tertiary/aromatic N) is 2. The highest BCUT2D eigenvalue weighted by molar-refractivity contribution is 14.1. The predicted octanol–water partition coefficient (Wildman–Crippen LogP) is 5.41. The van der Waals surface area contributed by atoms with Crippen molar-refractivity contribution >= 4 is 45.8 Å². The molecule has 3 aromatic rings. The zero-order chi connectivity index (χ0) is 20.6. The van der Waals surface area contributed by atoms with Gasteiger partial charge in [0.05, 0.1) is 29.6 Å². The molecule has 3 rings (SSSR count). The Hall–Kier alpha value is -3.27. The van der Waals surface area contributed by atoms with E-state index >= 15 is 0 Å². The molecule has 1 N–H and O–H groups in total. The van der Waals surface area contributed by atoms with Crippen LogP contribution in [0.25, 0.3) is 0 Å². The Labute approximate surface area is 180 Å². The van der Waals surface area contributed by atoms with E-state index in [-0.39, 0.29) is 0 Å². The number of ether oxygens (including phenoxy) is 1. The largest absolute Gasteiger partial charge is 0.497 e. The highest BCUT2D eigenvalue weighted by Crippen LogP contribution is 2.19. The molecule has 0 spiro atoms. The average Bonchev–Trinajstić information content (AvgIpc) is 2.77. The third kappa shape index (κ3) is 5.61. The van der Waals surface area contributed by atoms with Crippen LogP contribution in [-0.2, 0) is 4.84 Å². The molecule has 0 aliphatic rings. The molecule has 0 bridgehead atoms. The monoisotopic (exact) mass is 501 g/mol. The first kappa shape index (κ1) is 20.5. The van der Waals surface area contributed by atoms with Gasteiger partial charge >= 0.3 is 5.97 Å². The van der Waals surface area contributed by atoms with Crippen molar-refractivity contribution in [1.29, 1.82) is 0 Å². The van der Waals surface area contributed by atoms with Gasteiger partial charge in [0.2, 0.25) is 0 Å². The van der Waals surface area contributed by atoms with E-state index in [0.29, 0.717) is 28.3 Å². The van der Waals surface area contributed by atoms with Gasteiger partial charge in [0.25, 0.3) is 5.91 Å². The number of carbonyl (C=O) groups is 2. The second-order valence-electron chi connectivity index (χ2n) is 5.75. The van der Waals surface area contributed by atoms with Gasteiger partial charge in [0.1, 0.15) is 5.75 Å². The molecule has 0 radical (unpaired) electrons. The molecule has 3 aromatic carbocycles. The number of hydrogen-bond acceptors (Lipinski definition) is 6. The van der Waals surface area contributed by atoms with Crippen LogP contribution in [-0.4, -0.2) is 19.0 Å². The minimum Gasteiger partial charge on any atom is -0.497 e. The van der Waals surface area contributed by atoms with E-state index in [9.17, 15) is 9.59 Å². The van der Waals surface area contributed by atoms with Crippen LogP contribution >= 0.6 is 22.6 Å². The molecule has 146 valence electrons. The SMILES string of the molecule is COc1ccc(C(=O)ONc2ccc(N=NC(=O)c3ccccc3I)cc2)cc1. The summed E-state index contributed by atoms with van der Waals surface area (Å²) in [5, 5.41) is 7.70. The quantitative estimate of drug-likeness (QED) is 0.277. The summed E-state index contributed by atoms with van der Waals surface area (Å²) >= 11 is 2.08. The summed E-state index contributed by atoms with van der Waals surface area (Å²) in [7, 11) is 1.55. The molecule has 29 heavy (non-hydrogen) atoms. The van der Waals surface area contributed by atoms with Crippen LogP contribution in [0.3, 0.4) is 0 Å². The lowest BCUT2D eigenvalue weighted by Crippen LogP contribution is -2.10. The molecule has 0 atom stereocenters. The highest BCUT2D eigenvalue weighted by Gasteiger charge is 2.09. The molecule has 1 amide bonds. The molecule has 0 unspecified atom stereocenters. The maximum atomic E-state index is 12.1. The van der Waals surface area contributed by atoms with Crippen LogP contribution in [0, 0.1) is 3.57 Å². The summed E-state index contributed by atoms with van der Waals surface area (Å²) in [6, 6.07) is 20.3. The summed E-state index contributed by atoms with van der Waals surface area (Å²) < 4.78 is 5.86. The standard InChI is InChI=1S/C21H16IN3O4/c1-28-17-12-6-14(7-13-17)21(27)29-25-16-10-8-15(9-11-16)23-24-20(26)18-4-2-3-5-19(18)22/h2-13,25H,1H3. The Morgan fingerprint density at radius 1 is 0.931 bits per heavy atom. The Bertz CT molecular complexity index is 1030. The lowest BCUT2D eigenvalue weighted by Gasteiger charge is -2.07. The number of methoxy groups -OCH3 is 1. The minimum absolute atomic E-state index is 0.387. The molecule has 0 aliphatic carbocycles. The van der Waals surface area contributed by atoms with Crippen LogP contribution in [0.15, 0.2) is 83.0 Å². The van der Waals surface area contributed by atoms with Crippen molar-refractivity contribution in [2.75, 3.05) is 12.6 Å². The molecule has 7 nitrogen and oxygen atoms in total. The fourth-order valence-electron chi connectivity index (χ4n) is 2.28. The lowest BCUT2D eigenvalue weighted by molar-refractivity contribution is 0.0596. The number of hydrogen-bond donors (Lipinski definition) is 1. The van der Waals surface area contributed by atoms with Gasteiger partial charge in [-0.1, -0.05) is 12.1 Å². The van der Waals surface area contributed by atoms with Crippen molar-refractivity contribution in [3.8, 4) is 5.75 Å². The Kier molecular flexibility index (Phi) is 6.90. The number of carbonyl (C=O) groups excluding carboxylic acids is 2. The zero-order valence-electron chi connectivity index (χ0n) is 15.3. The van der Waals surface area contributed by atoms with E-state index in [1.807, 2.05) is 12.1 Å². The first-order chi connectivity index (χ1) is 14.1. The summed E-state index contributed by atoms with van der Waals surface area (Å²) in [4.78, 5) is 29.2. The molecule has 0 aliphatic heterocycles. The maximum absolute atomic E-state index is 12.1. The van der Waals surface area contributed by atoms with Crippen molar-refractivity contribution in [1.82, 2.24) is 0 Å². The first-order valence-electron chi connectivity index (χ1n) is 8.49. The van der Waals surface area contributed by atoms with Crippen molar-refractivity contribution in [3.63, 3.8) is 0 Å². The molecular formula is C21H16IN3O4. The lowest BCUT2D eigenvalue weighted by atomic mass is 10.2. The van der Waals surface area contributed by atoms with E-state index < -0.39 is 11.9 Å². The Morgan fingerprint density at radius 3 is 2.28 bits per heavy atom. The molecule has 0 heterocycles. The number of amides is 1. The smallest absolute Gasteiger partial charge is 0.362 e. The molecular weight excluding hydrogens is 485 g/mol. The molecule has 0 fully saturated rings. The van der Waals surface area contributed by atoms with Gasteiger partial charge in [0, 0.05) is 3.57 Å². The Balaban J connectivity index is 1.56. The van der Waals surface area contributed by atoms with Crippen LogP contribution in [0.4, 0.5) is 11.4 Å². The second kappa shape index (κ2) is 9.78. The van der Waals surface area contributed by atoms with Crippen molar-refractivity contribution in [2.45, 2.75) is 0 Å². The van der Waals surface area contributed by atoms with Crippen LogP contribution in [0.5, 0.6) is 5.75 Å². The summed E-state index contributed by atoms with van der Waals surface area (Å²) in [5.41, 5.74) is 4.51. The summed E-state index contributed by atoms with van der Waals surface area (Å²) in [5.74, 6) is -0.287. The van der Waals surface area contributed by atoms with E-state index in [4.69, 9.17) is 9.57 Å². The maximum Gasteiger partial charge on any atom is 0.362 e. The van der Waals surface area contributed by atoms with E-state index in [1.165, 1.54) is 0 Å². The van der Waals surface area contributed by atoms with E-state index in [2.05, 4.69) is 38.3 Å². The normalized spacial score (nSPS) is 10.6. The number of nitrogens with one attached hydrogen (secondary N) is 1. The van der Waals surface area contributed by atoms with Crippen molar-refractivity contribution in [2.24, 2.45) is 10.2 Å². The summed E-state index contributed by atoms with van der Waals surface area (Å²) in [6.45, 7) is 0. The van der Waals surface area contributed by atoms with E-state index in [1.54, 1.807) is 67.8 Å². The fraction of sp³-hybridized carbons (Fsp3) is 0.0476. The van der Waals surface area contributed by atoms with Gasteiger partial charge in [-0.3, -0.25) is 4.79 Å². The predicted molar refractivity (Wildman–Crippen MR) is 116 cm³/mol. The summed E-state index contributed by atoms with van der Waals surface area (Å²) in [6.07, 6.45) is 0. The van der Waals surface area contributed by atoms with Gasteiger partial charge in [-0.2, -0.15) is 0 Å². The van der Waals surface area contributed by atoms with Gasteiger partial charge in [-0.05, 0) is 83.3 Å². The zero-order valence-corrected chi connectivity index (χ0v) is 17.5. The number of rotatable bonds is 6. The van der Waals surface area contributed by atoms with Gasteiger partial charge in [0.15, 0.2) is 0 Å². The third-order valence-corrected chi connectivity index (χ3v) is 4.76.